The quantitative estimate of drug-likeness (QED) is 0.00441. The standard InChI is InChI=1S/C93H116N15O34PS2.2Fm/c1-54-39-59(40-55(2)81(54)116)42-63-44-62-45-71(128-6)83(129-7)79(78(62)82(63)117)104-92(125)136-49-57-10-17-72(145-144-52-69(101-56(3)109)88(121)107(4)5)61(41-57)21-28-135-51-75(112)98-24-31-132-35-37-134-38-36-133-32-25-99-86(119)67(94)46-74(111)97-23-30-131-34-33-130-29-22-96-73(110)18-15-68(89(122)123)103-85(118)60-11-13-65(14-12-60)108(48-64-47-100-84-80(102-64)87(120)106-91(95)105-84)93(126)137-50-58-9-16-70(142-143(127)140-26-8-27-141-143)66(43-58)90(124)139-53-138-77(115)20-19-76(113)114;;/h9-14,16-17,39-43,45,47,67-69,116H,8,15,18-38,44,46,48-53,94H2,1-7H3,(H,96,110)(H,97,111)(H,98,112)(H,99,119)(H,101,109)(H,103,118)(H,104,125)(H,113,114)(H,122,123)(H3,95,100,105,106,120);;/b63-42+;;. The number of allylic oxidation sites excluding steroid dienone is 1. The number of benzene rings is 5. The Morgan fingerprint density at radius 3 is 1.90 bits per heavy atom. The van der Waals surface area contributed by atoms with Crippen LogP contribution in [0.1, 0.15) is 121 Å². The number of likely N-dealkylation sites (N-methyl/N-ethyl adjacent to an activating group) is 1. The van der Waals surface area contributed by atoms with E-state index in [4.69, 9.17) is 87.0 Å². The van der Waals surface area contributed by atoms with Crippen LogP contribution in [0, 0.1) is 13.8 Å². The maximum absolute atomic E-state index is 14.2. The number of phenolic OH excluding ortho intramolecular Hbond substituents is 1. The summed E-state index contributed by atoms with van der Waals surface area (Å²) in [5, 5.41) is 58.2. The zero-order chi connectivity index (χ0) is 105. The number of rotatable bonds is 60. The second kappa shape index (κ2) is 59.9. The van der Waals surface area contributed by atoms with Crippen molar-refractivity contribution in [2.75, 3.05) is 175 Å². The number of ether oxygens (including phenoxy) is 12. The first-order valence-corrected chi connectivity index (χ1v) is 49.1. The van der Waals surface area contributed by atoms with Crippen LogP contribution < -0.4 is 67.6 Å². The van der Waals surface area contributed by atoms with Gasteiger partial charge in [0.1, 0.15) is 54.7 Å². The van der Waals surface area contributed by atoms with Gasteiger partial charge in [-0.1, -0.05) is 39.8 Å². The molecule has 5 aromatic carbocycles. The third kappa shape index (κ3) is 38.2. The third-order valence-corrected chi connectivity index (χ3v) is 24.7. The normalized spacial score (nSPS) is 13.1. The van der Waals surface area contributed by atoms with Gasteiger partial charge in [0.05, 0.1) is 149 Å². The van der Waals surface area contributed by atoms with Crippen LogP contribution in [0.5, 0.6) is 28.9 Å². The first-order chi connectivity index (χ1) is 69.5. The molecule has 3 unspecified atom stereocenters. The number of hydrogen-bond donors (Lipinski definition) is 13. The number of amides is 9. The van der Waals surface area contributed by atoms with Crippen LogP contribution in [-0.2, 0) is 137 Å². The molecule has 2 aliphatic rings. The topological polar surface area (TPSA) is 670 Å². The number of phosphoric ester groups is 1. The molecule has 0 spiro atoms. The fraction of sp³-hybridized carbons (Fsp3) is 0.441. The van der Waals surface area contributed by atoms with Crippen molar-refractivity contribution in [2.45, 2.75) is 115 Å². The van der Waals surface area contributed by atoms with Gasteiger partial charge in [0.15, 0.2) is 28.4 Å². The van der Waals surface area contributed by atoms with Crippen molar-refractivity contribution in [3.05, 3.63) is 152 Å². The molecule has 54 heteroatoms. The summed E-state index contributed by atoms with van der Waals surface area (Å²) in [5.74, 6) is -9.31. The van der Waals surface area contributed by atoms with Crippen LogP contribution >= 0.6 is 29.4 Å². The number of fused-ring (bicyclic) bond motifs is 2. The average molecular weight is 2600 g/mol. The number of carbonyl (C=O) groups is 14. The van der Waals surface area contributed by atoms with Crippen LogP contribution in [-0.4, -0.2) is 306 Å². The van der Waals surface area contributed by atoms with E-state index in [0.29, 0.717) is 40.7 Å². The Bertz CT molecular complexity index is 5810. The summed E-state index contributed by atoms with van der Waals surface area (Å²) in [5.41, 5.74) is 15.7. The molecule has 15 N–H and O–H groups in total. The molecule has 1 aliphatic heterocycles. The van der Waals surface area contributed by atoms with Crippen molar-refractivity contribution in [3.8, 4) is 28.9 Å². The smallest absolute Gasteiger partial charge is 0.507 e. The summed E-state index contributed by atoms with van der Waals surface area (Å²) in [4.78, 5) is 199. The van der Waals surface area contributed by atoms with Gasteiger partial charge in [0.25, 0.3) is 5.91 Å². The predicted molar refractivity (Wildman–Crippen MR) is 518 cm³/mol. The van der Waals surface area contributed by atoms with Crippen molar-refractivity contribution < 1.29 is 163 Å². The van der Waals surface area contributed by atoms with Crippen molar-refractivity contribution in [1.29, 1.82) is 0 Å². The average Bonchev–Trinajstić information content (AvgIpc) is 1.61. The van der Waals surface area contributed by atoms with Gasteiger partial charge in [-0.3, -0.25) is 67.2 Å². The Kier molecular flexibility index (Phi) is 48.1. The molecule has 808 valence electrons. The number of nitrogens with two attached hydrogens (primary N) is 2. The number of ketones is 1. The van der Waals surface area contributed by atoms with E-state index in [0.717, 1.165) is 27.0 Å². The number of aromatic hydroxyl groups is 2. The van der Waals surface area contributed by atoms with Gasteiger partial charge in [-0.05, 0) is 139 Å². The molecule has 7 aromatic rings. The number of nitrogens with zero attached hydrogens (tertiary/aromatic N) is 6. The number of nitrogen functional groups attached to an aromatic ring is 1. The molecule has 3 heterocycles. The van der Waals surface area contributed by atoms with E-state index in [-0.39, 0.29) is 248 Å². The Labute approximate surface area is 839 Å². The molecular formula is C93H116Fm2N15O34PS2. The summed E-state index contributed by atoms with van der Waals surface area (Å²) in [6.07, 6.45) is -0.129. The van der Waals surface area contributed by atoms with E-state index in [1.807, 2.05) is 12.1 Å². The number of aryl methyl sites for hydroxylation is 2. The van der Waals surface area contributed by atoms with E-state index in [9.17, 15) is 87.0 Å². The molecule has 3 atom stereocenters. The fourth-order valence-corrected chi connectivity index (χ4v) is 17.5. The Hall–Kier alpha value is -16.0. The third-order valence-electron chi connectivity index (χ3n) is 20.9. The minimum Gasteiger partial charge on any atom is -0.507 e. The number of Topliss-reactive ketones (excluding diaryl/α,β-unsaturated/α-hetero) is 1. The first kappa shape index (κ1) is 118. The molecule has 0 saturated carbocycles. The van der Waals surface area contributed by atoms with E-state index in [1.54, 1.807) is 58.3 Å². The van der Waals surface area contributed by atoms with Crippen LogP contribution in [0.4, 0.5) is 26.9 Å². The Morgan fingerprint density at radius 2 is 1.28 bits per heavy atom. The second-order valence-corrected chi connectivity index (χ2v) is 36.1. The minimum atomic E-state index is -4.25. The summed E-state index contributed by atoms with van der Waals surface area (Å²) >= 11 is 0. The van der Waals surface area contributed by atoms with Crippen LogP contribution in [0.3, 0.4) is 0 Å². The summed E-state index contributed by atoms with van der Waals surface area (Å²) < 4.78 is 95.2. The van der Waals surface area contributed by atoms with Crippen molar-refractivity contribution in [1.82, 2.24) is 56.7 Å². The molecule has 2 aromatic heterocycles. The first-order valence-electron chi connectivity index (χ1n) is 45.3. The maximum Gasteiger partial charge on any atom is 0.530 e. The van der Waals surface area contributed by atoms with Crippen LogP contribution in [0.25, 0.3) is 17.2 Å². The van der Waals surface area contributed by atoms with Gasteiger partial charge in [-0.15, -0.1) is 0 Å². The van der Waals surface area contributed by atoms with Crippen molar-refractivity contribution >= 4 is 147 Å². The Morgan fingerprint density at radius 1 is 0.660 bits per heavy atom. The monoisotopic (exact) mass is 2600 g/mol. The van der Waals surface area contributed by atoms with Gasteiger partial charge in [0.2, 0.25) is 54.1 Å². The number of carbonyl (C=O) groups excluding carboxylic acids is 12. The number of esters is 2. The van der Waals surface area contributed by atoms with Crippen LogP contribution in [0.2, 0.25) is 0 Å². The number of carboxylic acids is 2. The SMILES string of the molecule is COc1cc2c(c(NC(=O)OCc3ccc(SSCC(NC(C)=O)C(=O)N(C)C)c(CCOCC(=O)NCCOCCOCCOCCNC(=O)C(N)CC(=O)NCCOCCOCCNC(=O)CCC(NC(=O)c4ccc(N(Cc5cnc6nc(N)nc(O)c6n5)C(=O)OCc5ccc(OP6(=O)OCCCO6)c(C(=O)OCOC(=O)CCC(=O)O)c5)cc4)C(=O)O)c3)c1OC)C(=O)/C(=C/c1cc(C)c(O)c(C)c1)C2.[Fm].[Fm]. The molecule has 9 rings (SSSR count). The maximum atomic E-state index is 14.2. The summed E-state index contributed by atoms with van der Waals surface area (Å²) in [6, 6.07) is 15.9. The molecule has 0 bridgehead atoms. The number of carboxylic acid groups (broad SMARTS) is 2. The molecule has 1 saturated heterocycles. The molecular weight excluding hydrogens is 2480 g/mol. The zero-order valence-electron chi connectivity index (χ0n) is 81.0. The van der Waals surface area contributed by atoms with E-state index in [2.05, 4.69) is 57.2 Å². The summed E-state index contributed by atoms with van der Waals surface area (Å²) in [6.45, 7) is 4.40. The second-order valence-electron chi connectivity index (χ2n) is 32.1. The number of phenols is 1. The number of aliphatic carboxylic acids is 2. The number of nitrogens with one attached hydrogen (secondary N) is 7. The molecule has 1 fully saturated rings. The van der Waals surface area contributed by atoms with Gasteiger partial charge in [0, 0.05) is 87.5 Å². The fourth-order valence-electron chi connectivity index (χ4n) is 13.7. The number of methoxy groups -OCH3 is 2. The van der Waals surface area contributed by atoms with E-state index in [1.165, 1.54) is 90.2 Å². The largest absolute Gasteiger partial charge is 0.530 e. The number of phosphoric acid groups is 1. The predicted octanol–water partition coefficient (Wildman–Crippen LogP) is 5.23. The number of aromatic nitrogens is 4. The molecule has 49 nitrogen and oxygen atoms in total. The molecule has 0 radical (unpaired) electrons. The minimum absolute atomic E-state index is 0. The van der Waals surface area contributed by atoms with Gasteiger partial charge in [-0.2, -0.15) is 9.97 Å². The molecule has 1 aliphatic carbocycles. The molecule has 9 amide bonds. The van der Waals surface area contributed by atoms with Crippen LogP contribution in [0.15, 0.2) is 95.5 Å². The summed E-state index contributed by atoms with van der Waals surface area (Å²) in [7, 11) is 4.47. The number of anilines is 3. The van der Waals surface area contributed by atoms with Gasteiger partial charge >= 0.3 is 43.9 Å². The van der Waals surface area contributed by atoms with Crippen molar-refractivity contribution in [3.63, 3.8) is 0 Å². The Balaban J connectivity index is 0.0000146. The zero-order valence-corrected chi connectivity index (χ0v) is 88.4. The number of hydrogen-bond acceptors (Lipinski definition) is 40. The van der Waals surface area contributed by atoms with E-state index < -0.39 is 136 Å². The van der Waals surface area contributed by atoms with E-state index >= 15 is 0 Å². The van der Waals surface area contributed by atoms with Crippen molar-refractivity contribution in [2.24, 2.45) is 5.73 Å². The van der Waals surface area contributed by atoms with Gasteiger partial charge < -0.3 is 130 Å². The van der Waals surface area contributed by atoms with Gasteiger partial charge in [-0.25, -0.2) is 33.7 Å². The molecule has 147 heavy (non-hydrogen) atoms.